The Bertz CT molecular complexity index is 2590. The number of aromatic nitrogens is 2. The first kappa shape index (κ1) is 27.4. The largest absolute Gasteiger partial charge is 0.309 e. The predicted octanol–water partition coefficient (Wildman–Crippen LogP) is 12.7. The van der Waals surface area contributed by atoms with Gasteiger partial charge in [-0.3, -0.25) is 0 Å². The highest BCUT2D eigenvalue weighted by molar-refractivity contribution is 9.11. The molecule has 2 heterocycles. The standard InChI is InChI=1S/C42H26Br2N2/c43-31-19-23-40-37(26-31)34-12-4-5-15-39(34)45(40)33-11-6-10-29(24-33)30-18-22-41-36(25-30)35-13-7-14-38(44)42(35)46(41)32-20-16-28(17-21-32)27-8-2-1-3-9-27/h1-26H. The molecule has 0 bridgehead atoms. The van der Waals surface area contributed by atoms with Crippen LogP contribution in [-0.4, -0.2) is 9.13 Å². The second-order valence-electron chi connectivity index (χ2n) is 11.7. The van der Waals surface area contributed by atoms with Gasteiger partial charge in [0.05, 0.1) is 22.1 Å². The van der Waals surface area contributed by atoms with E-state index in [9.17, 15) is 0 Å². The van der Waals surface area contributed by atoms with E-state index >= 15 is 0 Å². The summed E-state index contributed by atoms with van der Waals surface area (Å²) in [5.74, 6) is 0. The summed E-state index contributed by atoms with van der Waals surface area (Å²) in [5.41, 5.74) is 11.9. The highest BCUT2D eigenvalue weighted by atomic mass is 79.9. The third-order valence-corrected chi connectivity index (χ3v) is 10.2. The van der Waals surface area contributed by atoms with Crippen molar-refractivity contribution in [1.82, 2.24) is 9.13 Å². The molecule has 0 unspecified atom stereocenters. The third-order valence-electron chi connectivity index (χ3n) is 9.04. The van der Waals surface area contributed by atoms with E-state index in [1.165, 1.54) is 65.9 Å². The molecule has 0 spiro atoms. The molecule has 0 atom stereocenters. The second kappa shape index (κ2) is 10.9. The molecule has 0 amide bonds. The fourth-order valence-electron chi connectivity index (χ4n) is 6.96. The summed E-state index contributed by atoms with van der Waals surface area (Å²) in [7, 11) is 0. The van der Waals surface area contributed by atoms with Gasteiger partial charge in [-0.2, -0.15) is 0 Å². The van der Waals surface area contributed by atoms with Crippen LogP contribution >= 0.6 is 31.9 Å². The number of hydrogen-bond donors (Lipinski definition) is 0. The molecule has 9 rings (SSSR count). The van der Waals surface area contributed by atoms with Crippen LogP contribution in [0.4, 0.5) is 0 Å². The van der Waals surface area contributed by atoms with Crippen molar-refractivity contribution in [2.75, 3.05) is 0 Å². The van der Waals surface area contributed by atoms with Crippen LogP contribution in [0.25, 0.3) is 77.2 Å². The van der Waals surface area contributed by atoms with E-state index in [0.717, 1.165) is 20.3 Å². The molecule has 7 aromatic carbocycles. The highest BCUT2D eigenvalue weighted by Gasteiger charge is 2.17. The van der Waals surface area contributed by atoms with Crippen molar-refractivity contribution in [3.63, 3.8) is 0 Å². The maximum Gasteiger partial charge on any atom is 0.0683 e. The Morgan fingerprint density at radius 3 is 1.83 bits per heavy atom. The molecule has 0 saturated carbocycles. The summed E-state index contributed by atoms with van der Waals surface area (Å²) >= 11 is 7.57. The minimum atomic E-state index is 1.08. The lowest BCUT2D eigenvalue weighted by Crippen LogP contribution is -1.95. The Labute approximate surface area is 283 Å². The number of para-hydroxylation sites is 2. The number of hydrogen-bond acceptors (Lipinski definition) is 0. The van der Waals surface area contributed by atoms with Gasteiger partial charge in [-0.05, 0) is 105 Å². The molecule has 9 aromatic rings. The van der Waals surface area contributed by atoms with E-state index in [2.05, 4.69) is 199 Å². The van der Waals surface area contributed by atoms with Crippen LogP contribution in [0.15, 0.2) is 167 Å². The smallest absolute Gasteiger partial charge is 0.0683 e. The van der Waals surface area contributed by atoms with Crippen LogP contribution in [0, 0.1) is 0 Å². The number of rotatable bonds is 4. The molecule has 2 aromatic heterocycles. The zero-order valence-corrected chi connectivity index (χ0v) is 27.8. The Morgan fingerprint density at radius 1 is 0.348 bits per heavy atom. The van der Waals surface area contributed by atoms with Crippen LogP contribution in [0.1, 0.15) is 0 Å². The van der Waals surface area contributed by atoms with Gasteiger partial charge in [-0.25, -0.2) is 0 Å². The lowest BCUT2D eigenvalue weighted by Gasteiger charge is -2.12. The van der Waals surface area contributed by atoms with Gasteiger partial charge >= 0.3 is 0 Å². The first-order valence-corrected chi connectivity index (χ1v) is 16.9. The zero-order valence-electron chi connectivity index (χ0n) is 24.7. The Kier molecular flexibility index (Phi) is 6.48. The molecular formula is C42H26Br2N2. The quantitative estimate of drug-likeness (QED) is 0.171. The normalized spacial score (nSPS) is 11.7. The lowest BCUT2D eigenvalue weighted by atomic mass is 10.0. The van der Waals surface area contributed by atoms with E-state index < -0.39 is 0 Å². The fraction of sp³-hybridized carbons (Fsp3) is 0. The summed E-state index contributed by atoms with van der Waals surface area (Å²) in [5, 5.41) is 4.95. The second-order valence-corrected chi connectivity index (χ2v) is 13.5. The zero-order chi connectivity index (χ0) is 30.8. The summed E-state index contributed by atoms with van der Waals surface area (Å²) < 4.78 is 6.92. The maximum absolute atomic E-state index is 3.89. The molecule has 46 heavy (non-hydrogen) atoms. The van der Waals surface area contributed by atoms with Gasteiger partial charge in [0.2, 0.25) is 0 Å². The average molecular weight is 718 g/mol. The van der Waals surface area contributed by atoms with Crippen molar-refractivity contribution in [2.45, 2.75) is 0 Å². The number of halogens is 2. The molecule has 218 valence electrons. The van der Waals surface area contributed by atoms with Crippen molar-refractivity contribution in [3.05, 3.63) is 167 Å². The van der Waals surface area contributed by atoms with Crippen molar-refractivity contribution >= 4 is 75.5 Å². The van der Waals surface area contributed by atoms with Crippen LogP contribution in [0.5, 0.6) is 0 Å². The molecule has 0 saturated heterocycles. The fourth-order valence-corrected chi connectivity index (χ4v) is 7.86. The molecule has 2 nitrogen and oxygen atoms in total. The van der Waals surface area contributed by atoms with Gasteiger partial charge in [-0.15, -0.1) is 0 Å². The minimum Gasteiger partial charge on any atom is -0.309 e. The number of benzene rings is 7. The summed E-state index contributed by atoms with van der Waals surface area (Å²) in [6, 6.07) is 56.9. The maximum atomic E-state index is 3.89. The number of nitrogens with zero attached hydrogens (tertiary/aromatic N) is 2. The topological polar surface area (TPSA) is 9.86 Å². The Morgan fingerprint density at radius 2 is 0.957 bits per heavy atom. The van der Waals surface area contributed by atoms with Crippen molar-refractivity contribution in [2.24, 2.45) is 0 Å². The van der Waals surface area contributed by atoms with Crippen molar-refractivity contribution in [1.29, 1.82) is 0 Å². The van der Waals surface area contributed by atoms with Crippen molar-refractivity contribution in [3.8, 4) is 33.6 Å². The van der Waals surface area contributed by atoms with E-state index in [1.807, 2.05) is 0 Å². The van der Waals surface area contributed by atoms with Gasteiger partial charge in [0.1, 0.15) is 0 Å². The van der Waals surface area contributed by atoms with Gasteiger partial charge in [0, 0.05) is 41.9 Å². The minimum absolute atomic E-state index is 1.08. The predicted molar refractivity (Wildman–Crippen MR) is 201 cm³/mol. The van der Waals surface area contributed by atoms with Gasteiger partial charge in [0.15, 0.2) is 0 Å². The average Bonchev–Trinajstić information content (AvgIpc) is 3.62. The monoisotopic (exact) mass is 716 g/mol. The van der Waals surface area contributed by atoms with E-state index in [1.54, 1.807) is 0 Å². The molecule has 4 heteroatoms. The Hall–Kier alpha value is -4.90. The summed E-state index contributed by atoms with van der Waals surface area (Å²) in [4.78, 5) is 0. The van der Waals surface area contributed by atoms with E-state index in [-0.39, 0.29) is 0 Å². The first-order valence-electron chi connectivity index (χ1n) is 15.3. The van der Waals surface area contributed by atoms with Crippen LogP contribution in [0.3, 0.4) is 0 Å². The highest BCUT2D eigenvalue weighted by Crippen LogP contribution is 2.39. The first-order chi connectivity index (χ1) is 22.6. The number of fused-ring (bicyclic) bond motifs is 6. The Balaban J connectivity index is 1.20. The summed E-state index contributed by atoms with van der Waals surface area (Å²) in [6.07, 6.45) is 0. The SMILES string of the molecule is Brc1ccc2c(c1)c1ccccc1n2-c1cccc(-c2ccc3c(c2)c2cccc(Br)c2n3-c2ccc(-c3ccccc3)cc2)c1. The molecular weight excluding hydrogens is 692 g/mol. The van der Waals surface area contributed by atoms with Gasteiger partial charge in [0.25, 0.3) is 0 Å². The van der Waals surface area contributed by atoms with Gasteiger partial charge < -0.3 is 9.13 Å². The van der Waals surface area contributed by atoms with Crippen LogP contribution in [0.2, 0.25) is 0 Å². The summed E-state index contributed by atoms with van der Waals surface area (Å²) in [6.45, 7) is 0. The third kappa shape index (κ3) is 4.36. The van der Waals surface area contributed by atoms with E-state index in [4.69, 9.17) is 0 Å². The van der Waals surface area contributed by atoms with Gasteiger partial charge in [-0.1, -0.05) is 107 Å². The molecule has 0 N–H and O–H groups in total. The molecule has 0 aliphatic carbocycles. The molecule has 0 aliphatic rings. The molecule has 0 radical (unpaired) electrons. The van der Waals surface area contributed by atoms with Crippen molar-refractivity contribution < 1.29 is 0 Å². The lowest BCUT2D eigenvalue weighted by molar-refractivity contribution is 1.18. The molecule has 0 fully saturated rings. The van der Waals surface area contributed by atoms with Crippen LogP contribution < -0.4 is 0 Å². The van der Waals surface area contributed by atoms with E-state index in [0.29, 0.717) is 0 Å². The van der Waals surface area contributed by atoms with Crippen LogP contribution in [-0.2, 0) is 0 Å². The molecule has 0 aliphatic heterocycles.